The molecule has 0 aromatic carbocycles. The van der Waals surface area contributed by atoms with Crippen molar-refractivity contribution in [3.8, 4) is 0 Å². The summed E-state index contributed by atoms with van der Waals surface area (Å²) < 4.78 is 8.52. The quantitative estimate of drug-likeness (QED) is 0.418. The van der Waals surface area contributed by atoms with E-state index in [1.165, 1.54) is 0 Å². The third-order valence-corrected chi connectivity index (χ3v) is 0. The Morgan fingerprint density at radius 3 is 1.29 bits per heavy atom. The van der Waals surface area contributed by atoms with Crippen molar-refractivity contribution in [1.82, 2.24) is 0 Å². The fourth-order valence-electron chi connectivity index (χ4n) is 0. The van der Waals surface area contributed by atoms with Crippen LogP contribution >= 0.6 is 0 Å². The molecule has 0 atom stereocenters. The van der Waals surface area contributed by atoms with Crippen molar-refractivity contribution < 1.29 is 14.1 Å². The Hall–Kier alpha value is 2.33. The number of hydrogen-bond acceptors (Lipinski definition) is 3. The molecule has 0 aromatic heterocycles. The zero-order valence-electron chi connectivity index (χ0n) is 3.51. The van der Waals surface area contributed by atoms with E-state index in [4.69, 9.17) is 14.1 Å². The molecule has 7 heteroatoms. The second-order valence-corrected chi connectivity index (χ2v) is 0.750. The number of rotatable bonds is 0. The Balaban J connectivity index is -0.0000000150. The van der Waals surface area contributed by atoms with Crippen LogP contribution in [0.1, 0.15) is 0 Å². The maximum atomic E-state index is 8.52. The summed E-state index contributed by atoms with van der Waals surface area (Å²) in [6.45, 7) is 0. The van der Waals surface area contributed by atoms with E-state index in [-0.39, 0.29) is 82.4 Å². The summed E-state index contributed by atoms with van der Waals surface area (Å²) in [5.41, 5.74) is 0. The van der Waals surface area contributed by atoms with Gasteiger partial charge < -0.3 is 14.1 Å². The topological polar surface area (TPSA) is 63.2 Å². The molecule has 28 valence electrons. The van der Waals surface area contributed by atoms with Crippen molar-refractivity contribution >= 4 is 91.6 Å². The molecule has 0 fully saturated rings. The third kappa shape index (κ3) is 61.5. The van der Waals surface area contributed by atoms with Crippen molar-refractivity contribution in [1.29, 1.82) is 0 Å². The molecular formula is AlCaO3PbSi+3. The molecule has 0 rings (SSSR count). The summed E-state index contributed by atoms with van der Waals surface area (Å²) in [5, 5.41) is 0. The normalized spacial score (nSPS) is 3.43. The smallest absolute Gasteiger partial charge is 0.672 e. The summed E-state index contributed by atoms with van der Waals surface area (Å²) >= 11 is 0. The molecular weight excluding hydrogens is 350 g/mol. The van der Waals surface area contributed by atoms with Crippen LogP contribution in [-0.2, 0) is 4.46 Å². The van der Waals surface area contributed by atoms with E-state index >= 15 is 0 Å². The van der Waals surface area contributed by atoms with Crippen LogP contribution < -0.4 is 9.59 Å². The molecule has 0 unspecified atom stereocenters. The minimum atomic E-state index is -3.63. The van der Waals surface area contributed by atoms with Crippen molar-refractivity contribution in [3.05, 3.63) is 0 Å². The minimum absolute atomic E-state index is 0. The first-order chi connectivity index (χ1) is 1.73. The number of hydrogen-bond donors (Lipinski definition) is 0. The monoisotopic (exact) mass is 351 g/mol. The van der Waals surface area contributed by atoms with Crippen LogP contribution in [0.3, 0.4) is 0 Å². The van der Waals surface area contributed by atoms with Crippen molar-refractivity contribution in [2.75, 3.05) is 0 Å². The van der Waals surface area contributed by atoms with Gasteiger partial charge in [0.05, 0.1) is 0 Å². The van der Waals surface area contributed by atoms with E-state index in [1.54, 1.807) is 0 Å². The zero-order chi connectivity index (χ0) is 3.58. The van der Waals surface area contributed by atoms with Gasteiger partial charge >= 0.3 is 55.1 Å². The van der Waals surface area contributed by atoms with Crippen molar-refractivity contribution in [2.45, 2.75) is 0 Å². The predicted octanol–water partition coefficient (Wildman–Crippen LogP) is -4.02. The van der Waals surface area contributed by atoms with Crippen molar-refractivity contribution in [3.63, 3.8) is 0 Å². The first-order valence-corrected chi connectivity index (χ1v) is 1.84. The Morgan fingerprint density at radius 1 is 1.29 bits per heavy atom. The molecule has 0 aliphatic carbocycles. The van der Waals surface area contributed by atoms with Gasteiger partial charge in [-0.25, -0.2) is 0 Å². The third-order valence-electron chi connectivity index (χ3n) is 0. The van der Waals surface area contributed by atoms with Gasteiger partial charge in [-0.3, -0.25) is 0 Å². The molecule has 0 aromatic rings. The van der Waals surface area contributed by atoms with E-state index in [2.05, 4.69) is 0 Å². The summed E-state index contributed by atoms with van der Waals surface area (Å²) in [5.74, 6) is 0. The van der Waals surface area contributed by atoms with E-state index in [0.717, 1.165) is 0 Å². The van der Waals surface area contributed by atoms with E-state index in [1.807, 2.05) is 0 Å². The van der Waals surface area contributed by atoms with Gasteiger partial charge in [0.1, 0.15) is 0 Å². The second-order valence-electron chi connectivity index (χ2n) is 0.250. The molecule has 0 amide bonds. The van der Waals surface area contributed by atoms with Crippen LogP contribution in [0.15, 0.2) is 0 Å². The average molecular weight is 350 g/mol. The Labute approximate surface area is 104 Å². The molecule has 4 radical (unpaired) electrons. The standard InChI is InChI=1S/Al.Ca.O3Si.Pb/c;;1-4(2)3;/q+3;+2;-2;. The maximum Gasteiger partial charge on any atom is 3.00 e. The summed E-state index contributed by atoms with van der Waals surface area (Å²) in [4.78, 5) is 17.0. The van der Waals surface area contributed by atoms with Gasteiger partial charge in [0, 0.05) is 36.5 Å². The molecule has 0 saturated heterocycles. The molecule has 0 aliphatic heterocycles. The first kappa shape index (κ1) is 22.8. The molecule has 0 saturated carbocycles. The predicted molar refractivity (Wildman–Crippen MR) is 23.7 cm³/mol. The van der Waals surface area contributed by atoms with Gasteiger partial charge in [0.25, 0.3) is 0 Å². The van der Waals surface area contributed by atoms with Gasteiger partial charge in [0.2, 0.25) is 0 Å². The van der Waals surface area contributed by atoms with E-state index in [0.29, 0.717) is 0 Å². The molecule has 7 heavy (non-hydrogen) atoms. The van der Waals surface area contributed by atoms with Gasteiger partial charge in [-0.05, 0) is 0 Å². The Bertz CT molecular complexity index is 37.9. The molecule has 0 N–H and O–H groups in total. The van der Waals surface area contributed by atoms with Crippen LogP contribution in [0.25, 0.3) is 0 Å². The van der Waals surface area contributed by atoms with Crippen LogP contribution in [0.5, 0.6) is 0 Å². The van der Waals surface area contributed by atoms with Gasteiger partial charge in [-0.1, -0.05) is 0 Å². The second kappa shape index (κ2) is 15.8. The Morgan fingerprint density at radius 2 is 1.29 bits per heavy atom. The van der Waals surface area contributed by atoms with Gasteiger partial charge in [0.15, 0.2) is 0 Å². The van der Waals surface area contributed by atoms with Crippen molar-refractivity contribution in [2.24, 2.45) is 0 Å². The minimum Gasteiger partial charge on any atom is -0.672 e. The Kier molecular flexibility index (Phi) is 51.3. The van der Waals surface area contributed by atoms with Crippen LogP contribution in [-0.4, -0.2) is 91.6 Å². The fraction of sp³-hybridized carbons (Fsp3) is 0. The summed E-state index contributed by atoms with van der Waals surface area (Å²) in [6.07, 6.45) is 0. The molecule has 0 heterocycles. The van der Waals surface area contributed by atoms with Gasteiger partial charge in [-0.2, -0.15) is 0 Å². The molecule has 3 nitrogen and oxygen atoms in total. The summed E-state index contributed by atoms with van der Waals surface area (Å²) in [7, 11) is -3.63. The van der Waals surface area contributed by atoms with E-state index < -0.39 is 9.17 Å². The fourth-order valence-corrected chi connectivity index (χ4v) is 0. The maximum absolute atomic E-state index is 8.52. The average Bonchev–Trinajstić information content (AvgIpc) is 0.811. The first-order valence-electron chi connectivity index (χ1n) is 0.612. The molecule has 0 aliphatic rings. The zero-order valence-corrected chi connectivity index (χ0v) is 11.8. The largest absolute Gasteiger partial charge is 3.00 e. The van der Waals surface area contributed by atoms with Crippen LogP contribution in [0, 0.1) is 0 Å². The van der Waals surface area contributed by atoms with Crippen LogP contribution in [0.4, 0.5) is 0 Å². The SMILES string of the molecule is O=[Si]([O-])[O-].[Al+3].[Ca+2].[Pb]. The summed E-state index contributed by atoms with van der Waals surface area (Å²) in [6, 6.07) is 0. The van der Waals surface area contributed by atoms with Gasteiger partial charge in [-0.15, -0.1) is 0 Å². The van der Waals surface area contributed by atoms with Crippen LogP contribution in [0.2, 0.25) is 0 Å². The van der Waals surface area contributed by atoms with E-state index in [9.17, 15) is 0 Å². The molecule has 0 bridgehead atoms. The molecule has 0 spiro atoms.